The number of anilines is 2. The first-order valence-corrected chi connectivity index (χ1v) is 38.5. The largest absolute Gasteiger partial charge is 4.00 e. The Hall–Kier alpha value is -6.68. The van der Waals surface area contributed by atoms with Crippen LogP contribution in [0, 0.1) is 0 Å². The fraction of sp³-hybridized carbons (Fsp3) is 0.542. The van der Waals surface area contributed by atoms with Gasteiger partial charge in [-0.2, -0.15) is 0 Å². The number of benzene rings is 7. The van der Waals surface area contributed by atoms with Crippen molar-refractivity contribution in [1.29, 1.82) is 0 Å². The molecule has 0 spiro atoms. The van der Waals surface area contributed by atoms with Gasteiger partial charge in [0.2, 0.25) is 0 Å². The smallest absolute Gasteiger partial charge is 0.872 e. The van der Waals surface area contributed by atoms with Crippen LogP contribution in [0.5, 0.6) is 34.5 Å². The van der Waals surface area contributed by atoms with Crippen LogP contribution < -0.4 is 40.4 Å². The number of aliphatic imine (C=N–C) groups is 2. The van der Waals surface area contributed by atoms with Crippen molar-refractivity contribution in [3.8, 4) is 34.5 Å². The zero-order valence-electron chi connectivity index (χ0n) is 73.0. The van der Waals surface area contributed by atoms with Crippen LogP contribution in [-0.4, -0.2) is 12.4 Å². The van der Waals surface area contributed by atoms with Crippen LogP contribution in [0.3, 0.4) is 0 Å². The summed E-state index contributed by atoms with van der Waals surface area (Å²) in [7, 11) is 0. The van der Waals surface area contributed by atoms with E-state index in [0.29, 0.717) is 89.5 Å². The maximum atomic E-state index is 15.9. The molecule has 0 saturated heterocycles. The maximum Gasteiger partial charge on any atom is 4.00 e. The first kappa shape index (κ1) is 91.9. The zero-order valence-corrected chi connectivity index (χ0v) is 75.2. The van der Waals surface area contributed by atoms with Gasteiger partial charge in [0, 0.05) is 38.6 Å². The van der Waals surface area contributed by atoms with E-state index in [1.807, 2.05) is 126 Å². The minimum Gasteiger partial charge on any atom is -0.872 e. The van der Waals surface area contributed by atoms with Crippen molar-refractivity contribution >= 4 is 35.2 Å². The quantitative estimate of drug-likeness (QED) is 0.0765. The van der Waals surface area contributed by atoms with E-state index in [9.17, 15) is 0 Å². The average molecular weight is 1550 g/mol. The molecular formula is C96H132Fe2N4O6+2. The zero-order chi connectivity index (χ0) is 80.9. The molecule has 0 aliphatic rings. The van der Waals surface area contributed by atoms with Gasteiger partial charge in [0.1, 0.15) is 0 Å². The molecule has 586 valence electrons. The van der Waals surface area contributed by atoms with Crippen molar-refractivity contribution in [1.82, 2.24) is 0 Å². The Bertz CT molecular complexity index is 4040. The summed E-state index contributed by atoms with van der Waals surface area (Å²) in [6.07, 6.45) is 3.29. The first-order chi connectivity index (χ1) is 47.6. The molecule has 0 N–H and O–H groups in total. The van der Waals surface area contributed by atoms with E-state index in [-0.39, 0.29) is 106 Å². The summed E-state index contributed by atoms with van der Waals surface area (Å²) in [6, 6.07) is 28.1. The van der Waals surface area contributed by atoms with E-state index < -0.39 is 54.1 Å². The molecule has 0 aliphatic heterocycles. The molecule has 0 fully saturated rings. The van der Waals surface area contributed by atoms with E-state index in [1.54, 1.807) is 12.4 Å². The molecule has 0 radical (unpaired) electrons. The van der Waals surface area contributed by atoms with Gasteiger partial charge >= 0.3 is 34.1 Å². The second kappa shape index (κ2) is 31.5. The van der Waals surface area contributed by atoms with Crippen LogP contribution in [0.15, 0.2) is 94.9 Å². The van der Waals surface area contributed by atoms with Crippen LogP contribution in [0.1, 0.15) is 349 Å². The van der Waals surface area contributed by atoms with Gasteiger partial charge in [0.25, 0.3) is 0 Å². The summed E-state index contributed by atoms with van der Waals surface area (Å²) in [4.78, 5) is 15.3. The minimum absolute atomic E-state index is 0. The van der Waals surface area contributed by atoms with E-state index in [2.05, 4.69) is 218 Å². The SMILES string of the molecule is CC(C)(C)c1cc(C=Nc2cc(N=Cc3cc(C(C)(C)C)cc(C(C)(C)C)c3[O-])c(N(Cc3cc(C(C)(C)C)cc(C(C)(C)C)c3[O-])Cc3cc(C(C)(C)C)cc(C(C)(C)C)c3[O-])cc2N(Cc2cc(C(C)(C)C)cc(C(C)(C)C)c2[O-])Cc2cc(C(C)(C)C)cc(C(C)(C)C)c2[O-])c([O-])c(C(C)(C)C)c1.[Fe+4].[Fe+4]. The Labute approximate surface area is 675 Å². The third-order valence-electron chi connectivity index (χ3n) is 20.8. The van der Waals surface area contributed by atoms with E-state index in [0.717, 1.165) is 33.4 Å². The standard InChI is InChI=1S/C96H138N4O6.2Fe/c1-85(2,3)63-37-57(79(101)69(43-63)91(19,20)21)51-97-75-49-76(98-52-58-38-64(86(4,5)6)44-70(80(58)102)92(22,23)24)78(100(55-61-41-67(89(13,14)15)47-73(83(61)105)95(31,32)33)56-62-42-68(90(16,17)18)48-74(84(62)106)96(34,35)36)50-77(75)99(53-59-39-65(87(7,8)9)45-71(81(59)103)93(25,26)27)54-60-40-66(88(10,11)12)46-72(82(60)104)94(28,29)30;;/h37-52,101-106H,53-56H2,1-36H3;;/q;2*+4/p-6. The van der Waals surface area contributed by atoms with Crippen molar-refractivity contribution in [3.05, 3.63) is 185 Å². The second-order valence-electron chi connectivity index (χ2n) is 43.0. The molecule has 108 heavy (non-hydrogen) atoms. The summed E-state index contributed by atoms with van der Waals surface area (Å²) in [6.45, 7) is 75.5. The Balaban J connectivity index is 0.0000105. The van der Waals surface area contributed by atoms with E-state index in [4.69, 9.17) is 9.98 Å². The fourth-order valence-corrected chi connectivity index (χ4v) is 13.5. The Morgan fingerprint density at radius 1 is 0.231 bits per heavy atom. The molecule has 0 aliphatic carbocycles. The molecule has 0 unspecified atom stereocenters. The van der Waals surface area contributed by atoms with Crippen molar-refractivity contribution < 1.29 is 64.8 Å². The molecule has 0 bridgehead atoms. The van der Waals surface area contributed by atoms with Gasteiger partial charge in [-0.25, -0.2) is 0 Å². The summed E-state index contributed by atoms with van der Waals surface area (Å²) in [5, 5.41) is 94.0. The molecule has 0 atom stereocenters. The van der Waals surface area contributed by atoms with Gasteiger partial charge in [-0.05, 0) is 177 Å². The summed E-state index contributed by atoms with van der Waals surface area (Å²) < 4.78 is 0. The van der Waals surface area contributed by atoms with Gasteiger partial charge in [0.05, 0.1) is 22.7 Å². The molecule has 0 heterocycles. The number of nitrogens with zero attached hydrogens (tertiary/aromatic N) is 4. The fourth-order valence-electron chi connectivity index (χ4n) is 13.5. The number of hydrogen-bond donors (Lipinski definition) is 0. The monoisotopic (exact) mass is 1550 g/mol. The van der Waals surface area contributed by atoms with Crippen molar-refractivity contribution in [3.63, 3.8) is 0 Å². The van der Waals surface area contributed by atoms with Crippen LogP contribution in [0.2, 0.25) is 0 Å². The predicted octanol–water partition coefficient (Wildman–Crippen LogP) is 21.6. The minimum atomic E-state index is -0.575. The number of hydrogen-bond acceptors (Lipinski definition) is 10. The van der Waals surface area contributed by atoms with Crippen LogP contribution in [0.25, 0.3) is 0 Å². The van der Waals surface area contributed by atoms with Crippen molar-refractivity contribution in [2.45, 2.75) is 340 Å². The van der Waals surface area contributed by atoms with Gasteiger partial charge in [-0.1, -0.05) is 334 Å². The molecule has 10 nitrogen and oxygen atoms in total. The molecular weight excluding hydrogens is 1420 g/mol. The van der Waals surface area contributed by atoms with Crippen molar-refractivity contribution in [2.75, 3.05) is 9.80 Å². The molecule has 12 heteroatoms. The van der Waals surface area contributed by atoms with E-state index >= 15 is 30.6 Å². The summed E-state index contributed by atoms with van der Waals surface area (Å²) >= 11 is 0. The molecule has 0 amide bonds. The van der Waals surface area contributed by atoms with Crippen LogP contribution in [-0.2, 0) is 125 Å². The van der Waals surface area contributed by atoms with Gasteiger partial charge in [0.15, 0.2) is 0 Å². The van der Waals surface area contributed by atoms with E-state index in [1.165, 1.54) is 0 Å². The van der Waals surface area contributed by atoms with Gasteiger partial charge in [-0.3, -0.25) is 9.98 Å². The molecule has 7 aromatic rings. The predicted molar refractivity (Wildman–Crippen MR) is 440 cm³/mol. The van der Waals surface area contributed by atoms with Crippen LogP contribution >= 0.6 is 0 Å². The van der Waals surface area contributed by atoms with Gasteiger partial charge < -0.3 is 40.4 Å². The summed E-state index contributed by atoms with van der Waals surface area (Å²) in [5.74, 6) is -0.850. The number of rotatable bonds is 14. The summed E-state index contributed by atoms with van der Waals surface area (Å²) in [5.41, 5.74) is 8.30. The topological polar surface area (TPSA) is 170 Å². The third-order valence-corrected chi connectivity index (χ3v) is 20.8. The van der Waals surface area contributed by atoms with Crippen molar-refractivity contribution in [2.24, 2.45) is 9.98 Å². The Morgan fingerprint density at radius 2 is 0.407 bits per heavy atom. The maximum absolute atomic E-state index is 15.9. The first-order valence-electron chi connectivity index (χ1n) is 38.5. The molecule has 0 aromatic heterocycles. The van der Waals surface area contributed by atoms with Gasteiger partial charge in [-0.15, -0.1) is 23.0 Å². The van der Waals surface area contributed by atoms with Crippen LogP contribution in [0.4, 0.5) is 22.7 Å². The Morgan fingerprint density at radius 3 is 0.583 bits per heavy atom. The molecule has 0 saturated carbocycles. The molecule has 7 rings (SSSR count). The normalized spacial score (nSPS) is 13.5. The average Bonchev–Trinajstić information content (AvgIpc) is 0.766. The third kappa shape index (κ3) is 21.5. The second-order valence-corrected chi connectivity index (χ2v) is 43.0. The molecule has 7 aromatic carbocycles. The Kier molecular flexibility index (Phi) is 26.8.